The maximum absolute atomic E-state index is 5.72. The van der Waals surface area contributed by atoms with Gasteiger partial charge in [-0.25, -0.2) is 0 Å². The summed E-state index contributed by atoms with van der Waals surface area (Å²) in [5, 5.41) is 7.69. The van der Waals surface area contributed by atoms with Gasteiger partial charge >= 0.3 is 0 Å². The zero-order valence-corrected chi connectivity index (χ0v) is 7.86. The van der Waals surface area contributed by atoms with E-state index in [1.54, 1.807) is 0 Å². The summed E-state index contributed by atoms with van der Waals surface area (Å²) in [7, 11) is 0. The molecule has 0 saturated carbocycles. The summed E-state index contributed by atoms with van der Waals surface area (Å²) < 4.78 is 1.25. The molecule has 0 bridgehead atoms. The van der Waals surface area contributed by atoms with Crippen molar-refractivity contribution in [3.05, 3.63) is 36.0 Å². The second-order valence-corrected chi connectivity index (χ2v) is 3.07. The van der Waals surface area contributed by atoms with Gasteiger partial charge in [-0.2, -0.15) is 4.20 Å². The van der Waals surface area contributed by atoms with Crippen LogP contribution in [0.5, 0.6) is 0 Å². The largest absolute Gasteiger partial charge is 0.156 e. The monoisotopic (exact) mass is 193 g/mol. The van der Waals surface area contributed by atoms with Crippen molar-refractivity contribution in [1.82, 2.24) is 14.5 Å². The Bertz CT molecular complexity index is 408. The fourth-order valence-corrected chi connectivity index (χ4v) is 1.29. The van der Waals surface area contributed by atoms with Crippen LogP contribution >= 0.6 is 11.8 Å². The number of halogens is 1. The Labute approximate surface area is 81.1 Å². The van der Waals surface area contributed by atoms with Crippen LogP contribution in [0.4, 0.5) is 0 Å². The molecule has 1 aromatic carbocycles. The summed E-state index contributed by atoms with van der Waals surface area (Å²) in [5.41, 5.74) is 2.72. The predicted molar refractivity (Wildman–Crippen MR) is 51.4 cm³/mol. The molecule has 1 aromatic heterocycles. The molecule has 0 aliphatic rings. The molecule has 0 unspecified atom stereocenters. The van der Waals surface area contributed by atoms with Crippen LogP contribution in [0, 0.1) is 6.92 Å². The van der Waals surface area contributed by atoms with Crippen molar-refractivity contribution in [2.75, 3.05) is 0 Å². The van der Waals surface area contributed by atoms with E-state index in [0.29, 0.717) is 0 Å². The van der Waals surface area contributed by atoms with Gasteiger partial charge in [-0.05, 0) is 6.92 Å². The van der Waals surface area contributed by atoms with Gasteiger partial charge in [0.1, 0.15) is 5.69 Å². The standard InChI is InChI=1S/C9H8ClN3/c1-7-9(11-12-13(7)10)8-5-3-2-4-6-8/h2-6H,1H3. The third-order valence-corrected chi connectivity index (χ3v) is 2.21. The number of nitrogens with zero attached hydrogens (tertiary/aromatic N) is 3. The Morgan fingerprint density at radius 1 is 1.23 bits per heavy atom. The van der Waals surface area contributed by atoms with Crippen molar-refractivity contribution in [3.63, 3.8) is 0 Å². The molecule has 3 nitrogen and oxygen atoms in total. The van der Waals surface area contributed by atoms with Gasteiger partial charge in [0.05, 0.1) is 5.69 Å². The fourth-order valence-electron chi connectivity index (χ4n) is 1.17. The molecule has 0 radical (unpaired) electrons. The summed E-state index contributed by atoms with van der Waals surface area (Å²) in [6.45, 7) is 1.88. The lowest BCUT2D eigenvalue weighted by Crippen LogP contribution is -1.85. The molecule has 2 rings (SSSR count). The molecular formula is C9H8ClN3. The Kier molecular flexibility index (Phi) is 2.02. The van der Waals surface area contributed by atoms with E-state index in [1.165, 1.54) is 4.20 Å². The first kappa shape index (κ1) is 8.26. The Morgan fingerprint density at radius 3 is 2.46 bits per heavy atom. The molecule has 0 spiro atoms. The number of aromatic nitrogens is 3. The van der Waals surface area contributed by atoms with Crippen LogP contribution in [0.3, 0.4) is 0 Å². The molecule has 2 aromatic rings. The lowest BCUT2D eigenvalue weighted by atomic mass is 10.1. The summed E-state index contributed by atoms with van der Waals surface area (Å²) in [6, 6.07) is 9.84. The molecule has 0 fully saturated rings. The zero-order valence-electron chi connectivity index (χ0n) is 7.11. The lowest BCUT2D eigenvalue weighted by Gasteiger charge is -1.95. The highest BCUT2D eigenvalue weighted by atomic mass is 35.5. The van der Waals surface area contributed by atoms with Crippen molar-refractivity contribution in [1.29, 1.82) is 0 Å². The zero-order chi connectivity index (χ0) is 9.26. The molecule has 66 valence electrons. The second-order valence-electron chi connectivity index (χ2n) is 2.75. The highest BCUT2D eigenvalue weighted by molar-refractivity contribution is 6.15. The summed E-state index contributed by atoms with van der Waals surface area (Å²) in [4.78, 5) is 0. The predicted octanol–water partition coefficient (Wildman–Crippen LogP) is 2.26. The minimum absolute atomic E-state index is 0.829. The first-order valence-electron chi connectivity index (χ1n) is 3.93. The van der Waals surface area contributed by atoms with E-state index in [0.717, 1.165) is 17.0 Å². The maximum atomic E-state index is 5.72. The van der Waals surface area contributed by atoms with Crippen LogP contribution in [0.2, 0.25) is 0 Å². The minimum Gasteiger partial charge on any atom is -0.156 e. The van der Waals surface area contributed by atoms with E-state index >= 15 is 0 Å². The second kappa shape index (κ2) is 3.18. The van der Waals surface area contributed by atoms with E-state index in [1.807, 2.05) is 37.3 Å². The van der Waals surface area contributed by atoms with Crippen molar-refractivity contribution in [3.8, 4) is 11.3 Å². The van der Waals surface area contributed by atoms with Gasteiger partial charge < -0.3 is 0 Å². The smallest absolute Gasteiger partial charge is 0.117 e. The number of rotatable bonds is 1. The third-order valence-electron chi connectivity index (χ3n) is 1.89. The summed E-state index contributed by atoms with van der Waals surface area (Å²) in [6.07, 6.45) is 0. The van der Waals surface area contributed by atoms with Crippen LogP contribution in [0.15, 0.2) is 30.3 Å². The SMILES string of the molecule is Cc1c(-c2ccccc2)nnn1Cl. The quantitative estimate of drug-likeness (QED) is 0.696. The van der Waals surface area contributed by atoms with E-state index < -0.39 is 0 Å². The van der Waals surface area contributed by atoms with Crippen LogP contribution in [0.25, 0.3) is 11.3 Å². The number of benzene rings is 1. The van der Waals surface area contributed by atoms with Crippen molar-refractivity contribution < 1.29 is 0 Å². The third kappa shape index (κ3) is 1.42. The fraction of sp³-hybridized carbons (Fsp3) is 0.111. The van der Waals surface area contributed by atoms with Gasteiger partial charge in [0.15, 0.2) is 0 Å². The highest BCUT2D eigenvalue weighted by Gasteiger charge is 2.07. The summed E-state index contributed by atoms with van der Waals surface area (Å²) in [5.74, 6) is 0. The van der Waals surface area contributed by atoms with Crippen molar-refractivity contribution in [2.45, 2.75) is 6.92 Å². The normalized spacial score (nSPS) is 10.3. The summed E-state index contributed by atoms with van der Waals surface area (Å²) >= 11 is 5.72. The van der Waals surface area contributed by atoms with Gasteiger partial charge in [0, 0.05) is 17.3 Å². The van der Waals surface area contributed by atoms with E-state index in [2.05, 4.69) is 10.3 Å². The van der Waals surface area contributed by atoms with Gasteiger partial charge in [0.25, 0.3) is 0 Å². The molecule has 13 heavy (non-hydrogen) atoms. The molecule has 1 heterocycles. The molecule has 0 saturated heterocycles. The number of hydrogen-bond acceptors (Lipinski definition) is 2. The average Bonchev–Trinajstić information content (AvgIpc) is 2.49. The minimum atomic E-state index is 0.829. The van der Waals surface area contributed by atoms with E-state index in [4.69, 9.17) is 11.8 Å². The Hall–Kier alpha value is -1.35. The van der Waals surface area contributed by atoms with E-state index in [9.17, 15) is 0 Å². The first-order chi connectivity index (χ1) is 6.29. The maximum Gasteiger partial charge on any atom is 0.117 e. The van der Waals surface area contributed by atoms with Crippen LogP contribution in [0.1, 0.15) is 5.69 Å². The molecule has 0 amide bonds. The topological polar surface area (TPSA) is 30.7 Å². The van der Waals surface area contributed by atoms with Gasteiger partial charge in [-0.15, -0.1) is 5.10 Å². The van der Waals surface area contributed by atoms with Crippen LogP contribution < -0.4 is 0 Å². The van der Waals surface area contributed by atoms with Crippen molar-refractivity contribution in [2.24, 2.45) is 0 Å². The van der Waals surface area contributed by atoms with E-state index in [-0.39, 0.29) is 0 Å². The molecule has 4 heteroatoms. The molecule has 0 atom stereocenters. The number of hydrogen-bond donors (Lipinski definition) is 0. The van der Waals surface area contributed by atoms with Gasteiger partial charge in [-0.3, -0.25) is 0 Å². The molecular weight excluding hydrogens is 186 g/mol. The Balaban J connectivity index is 2.53. The first-order valence-corrected chi connectivity index (χ1v) is 4.26. The Morgan fingerprint density at radius 2 is 1.92 bits per heavy atom. The molecule has 0 aliphatic heterocycles. The van der Waals surface area contributed by atoms with Crippen molar-refractivity contribution >= 4 is 11.8 Å². The molecule has 0 N–H and O–H groups in total. The van der Waals surface area contributed by atoms with Crippen LogP contribution in [-0.4, -0.2) is 14.5 Å². The van der Waals surface area contributed by atoms with Crippen LogP contribution in [-0.2, 0) is 0 Å². The molecule has 0 aliphatic carbocycles. The highest BCUT2D eigenvalue weighted by Crippen LogP contribution is 2.19. The van der Waals surface area contributed by atoms with Gasteiger partial charge in [-0.1, -0.05) is 35.5 Å². The average molecular weight is 194 g/mol. The van der Waals surface area contributed by atoms with Gasteiger partial charge in [0.2, 0.25) is 0 Å². The lowest BCUT2D eigenvalue weighted by molar-refractivity contribution is 0.864.